The Morgan fingerprint density at radius 2 is 1.55 bits per heavy atom. The van der Waals surface area contributed by atoms with Crippen LogP contribution in [0.2, 0.25) is 5.02 Å². The Balaban J connectivity index is 2.37. The number of halogens is 1. The number of ether oxygens (including phenoxy) is 2. The van der Waals surface area contributed by atoms with Crippen molar-refractivity contribution < 1.29 is 27.5 Å². The van der Waals surface area contributed by atoms with Gasteiger partial charge in [0, 0.05) is 11.2 Å². The highest BCUT2D eigenvalue weighted by atomic mass is 35.5. The zero-order valence-electron chi connectivity index (χ0n) is 17.3. The van der Waals surface area contributed by atoms with E-state index in [0.717, 1.165) is 11.8 Å². The highest BCUT2D eigenvalue weighted by Gasteiger charge is 2.22. The average molecular weight is 467 g/mol. The molecule has 0 heterocycles. The molecule has 0 aliphatic carbocycles. The standard InChI is InChI=1S/C21H23ClN2O6S/c1-4-29-20(25)17(21(26)30-5-2)13-23-18-11-8-15(22)12-19(18)24-31(27,28)16-9-6-14(3)7-10-16/h6-13,23-24H,4-5H2,1-3H3. The first-order chi connectivity index (χ1) is 14.7. The molecule has 0 amide bonds. The molecule has 0 fully saturated rings. The van der Waals surface area contributed by atoms with Crippen molar-refractivity contribution >= 4 is 44.9 Å². The van der Waals surface area contributed by atoms with Gasteiger partial charge in [0.15, 0.2) is 5.57 Å². The molecule has 0 spiro atoms. The van der Waals surface area contributed by atoms with Crippen LogP contribution < -0.4 is 10.0 Å². The quantitative estimate of drug-likeness (QED) is 0.250. The van der Waals surface area contributed by atoms with E-state index in [0.29, 0.717) is 0 Å². The summed E-state index contributed by atoms with van der Waals surface area (Å²) in [6, 6.07) is 10.7. The molecule has 0 atom stereocenters. The van der Waals surface area contributed by atoms with E-state index in [1.165, 1.54) is 30.3 Å². The molecule has 0 saturated heterocycles. The number of rotatable bonds is 9. The van der Waals surface area contributed by atoms with E-state index in [1.54, 1.807) is 26.0 Å². The number of hydrogen-bond acceptors (Lipinski definition) is 7. The average Bonchev–Trinajstić information content (AvgIpc) is 2.70. The maximum atomic E-state index is 12.8. The highest BCUT2D eigenvalue weighted by molar-refractivity contribution is 7.92. The molecule has 0 saturated carbocycles. The molecule has 0 aliphatic rings. The van der Waals surface area contributed by atoms with Gasteiger partial charge in [0.2, 0.25) is 0 Å². The predicted octanol–water partition coefficient (Wildman–Crippen LogP) is 3.87. The number of esters is 2. The first-order valence-electron chi connectivity index (χ1n) is 9.38. The number of benzene rings is 2. The van der Waals surface area contributed by atoms with E-state index in [4.69, 9.17) is 21.1 Å². The Morgan fingerprint density at radius 1 is 0.968 bits per heavy atom. The normalized spacial score (nSPS) is 10.7. The molecule has 2 rings (SSSR count). The lowest BCUT2D eigenvalue weighted by Crippen LogP contribution is -2.20. The van der Waals surface area contributed by atoms with Crippen molar-refractivity contribution in [2.75, 3.05) is 23.3 Å². The van der Waals surface area contributed by atoms with Gasteiger partial charge in [-0.2, -0.15) is 0 Å². The van der Waals surface area contributed by atoms with Gasteiger partial charge >= 0.3 is 11.9 Å². The van der Waals surface area contributed by atoms with Gasteiger partial charge in [-0.15, -0.1) is 0 Å². The van der Waals surface area contributed by atoms with Gasteiger partial charge < -0.3 is 14.8 Å². The summed E-state index contributed by atoms with van der Waals surface area (Å²) < 4.78 is 37.7. The second-order valence-electron chi connectivity index (χ2n) is 6.25. The molecule has 0 unspecified atom stereocenters. The number of aryl methyl sites for hydroxylation is 1. The topological polar surface area (TPSA) is 111 Å². The highest BCUT2D eigenvalue weighted by Crippen LogP contribution is 2.28. The van der Waals surface area contributed by atoms with Crippen LogP contribution in [0.3, 0.4) is 0 Å². The van der Waals surface area contributed by atoms with Crippen LogP contribution in [0.4, 0.5) is 11.4 Å². The number of carbonyl (C=O) groups is 2. The lowest BCUT2D eigenvalue weighted by atomic mass is 10.2. The summed E-state index contributed by atoms with van der Waals surface area (Å²) >= 11 is 6.03. The first kappa shape index (κ1) is 24.2. The van der Waals surface area contributed by atoms with Crippen LogP contribution in [-0.4, -0.2) is 33.6 Å². The monoisotopic (exact) mass is 466 g/mol. The van der Waals surface area contributed by atoms with Gasteiger partial charge in [0.1, 0.15) is 0 Å². The van der Waals surface area contributed by atoms with Gasteiger partial charge in [-0.3, -0.25) is 4.72 Å². The molecular formula is C21H23ClN2O6S. The third kappa shape index (κ3) is 6.73. The lowest BCUT2D eigenvalue weighted by molar-refractivity contribution is -0.146. The zero-order valence-corrected chi connectivity index (χ0v) is 18.8. The van der Waals surface area contributed by atoms with Crippen molar-refractivity contribution in [3.8, 4) is 0 Å². The fraction of sp³-hybridized carbons (Fsp3) is 0.238. The maximum Gasteiger partial charge on any atom is 0.347 e. The largest absolute Gasteiger partial charge is 0.462 e. The fourth-order valence-corrected chi connectivity index (χ4v) is 3.66. The predicted molar refractivity (Wildman–Crippen MR) is 118 cm³/mol. The van der Waals surface area contributed by atoms with Crippen molar-refractivity contribution in [2.24, 2.45) is 0 Å². The third-order valence-electron chi connectivity index (χ3n) is 3.92. The summed E-state index contributed by atoms with van der Waals surface area (Å²) in [6.45, 7) is 5.19. The second kappa shape index (κ2) is 10.8. The van der Waals surface area contributed by atoms with Crippen molar-refractivity contribution in [1.29, 1.82) is 0 Å². The minimum Gasteiger partial charge on any atom is -0.462 e. The number of hydrogen-bond donors (Lipinski definition) is 2. The van der Waals surface area contributed by atoms with Crippen molar-refractivity contribution in [3.05, 3.63) is 64.8 Å². The SMILES string of the molecule is CCOC(=O)C(=CNc1ccc(Cl)cc1NS(=O)(=O)c1ccc(C)cc1)C(=O)OCC. The lowest BCUT2D eigenvalue weighted by Gasteiger charge is -2.14. The Kier molecular flexibility index (Phi) is 8.47. The van der Waals surface area contributed by atoms with Crippen LogP contribution in [-0.2, 0) is 29.1 Å². The number of sulfonamides is 1. The molecule has 0 radical (unpaired) electrons. The van der Waals surface area contributed by atoms with E-state index in [-0.39, 0.29) is 40.1 Å². The van der Waals surface area contributed by atoms with E-state index in [2.05, 4.69) is 10.0 Å². The molecule has 2 aromatic carbocycles. The molecular weight excluding hydrogens is 444 g/mol. The van der Waals surface area contributed by atoms with Crippen LogP contribution in [0.15, 0.2) is 59.1 Å². The molecule has 31 heavy (non-hydrogen) atoms. The molecule has 0 aliphatic heterocycles. The van der Waals surface area contributed by atoms with Crippen LogP contribution in [0.25, 0.3) is 0 Å². The third-order valence-corrected chi connectivity index (χ3v) is 5.54. The molecule has 2 aromatic rings. The summed E-state index contributed by atoms with van der Waals surface area (Å²) in [5.41, 5.74) is 0.924. The molecule has 10 heteroatoms. The van der Waals surface area contributed by atoms with Crippen molar-refractivity contribution in [1.82, 2.24) is 0 Å². The molecule has 166 valence electrons. The smallest absolute Gasteiger partial charge is 0.347 e. The summed E-state index contributed by atoms with van der Waals surface area (Å²) in [4.78, 5) is 24.3. The minimum atomic E-state index is -3.91. The van der Waals surface area contributed by atoms with E-state index < -0.39 is 22.0 Å². The van der Waals surface area contributed by atoms with E-state index >= 15 is 0 Å². The van der Waals surface area contributed by atoms with Crippen LogP contribution in [0.1, 0.15) is 19.4 Å². The Bertz CT molecular complexity index is 1060. The molecule has 0 bridgehead atoms. The van der Waals surface area contributed by atoms with Crippen LogP contribution in [0, 0.1) is 6.92 Å². The van der Waals surface area contributed by atoms with Crippen molar-refractivity contribution in [2.45, 2.75) is 25.7 Å². The van der Waals surface area contributed by atoms with Crippen LogP contribution in [0.5, 0.6) is 0 Å². The Labute approximate surface area is 186 Å². The molecule has 0 aromatic heterocycles. The summed E-state index contributed by atoms with van der Waals surface area (Å²) in [5, 5.41) is 3.04. The minimum absolute atomic E-state index is 0.0676. The zero-order chi connectivity index (χ0) is 23.0. The summed E-state index contributed by atoms with van der Waals surface area (Å²) in [5.74, 6) is -1.74. The molecule has 2 N–H and O–H groups in total. The van der Waals surface area contributed by atoms with E-state index in [1.807, 2.05) is 6.92 Å². The van der Waals surface area contributed by atoms with E-state index in [9.17, 15) is 18.0 Å². The van der Waals surface area contributed by atoms with Crippen LogP contribution >= 0.6 is 11.6 Å². The molecule has 8 nitrogen and oxygen atoms in total. The Morgan fingerprint density at radius 3 is 2.10 bits per heavy atom. The number of carbonyl (C=O) groups excluding carboxylic acids is 2. The number of anilines is 2. The number of nitrogens with one attached hydrogen (secondary N) is 2. The summed E-state index contributed by atoms with van der Waals surface area (Å²) in [7, 11) is -3.91. The van der Waals surface area contributed by atoms with Gasteiger partial charge in [0.05, 0.1) is 29.5 Å². The Hall–Kier alpha value is -3.04. The fourth-order valence-electron chi connectivity index (χ4n) is 2.42. The van der Waals surface area contributed by atoms with Gasteiger partial charge in [-0.1, -0.05) is 29.3 Å². The van der Waals surface area contributed by atoms with Gasteiger partial charge in [-0.25, -0.2) is 18.0 Å². The van der Waals surface area contributed by atoms with Crippen molar-refractivity contribution in [3.63, 3.8) is 0 Å². The maximum absolute atomic E-state index is 12.8. The second-order valence-corrected chi connectivity index (χ2v) is 8.37. The summed E-state index contributed by atoms with van der Waals surface area (Å²) in [6.07, 6.45) is 1.10. The van der Waals surface area contributed by atoms with Gasteiger partial charge in [-0.05, 0) is 51.1 Å². The van der Waals surface area contributed by atoms with Gasteiger partial charge in [0.25, 0.3) is 10.0 Å². The first-order valence-corrected chi connectivity index (χ1v) is 11.2.